The van der Waals surface area contributed by atoms with Crippen LogP contribution in [0.5, 0.6) is 0 Å². The zero-order valence-electron chi connectivity index (χ0n) is 13.5. The third-order valence-corrected chi connectivity index (χ3v) is 4.25. The van der Waals surface area contributed by atoms with E-state index in [1.165, 1.54) is 0 Å². The fourth-order valence-electron chi connectivity index (χ4n) is 2.22. The molecule has 22 heavy (non-hydrogen) atoms. The molecule has 0 fully saturated rings. The van der Waals surface area contributed by atoms with Crippen molar-refractivity contribution in [2.45, 2.75) is 33.3 Å². The molecule has 1 aromatic carbocycles. The summed E-state index contributed by atoms with van der Waals surface area (Å²) in [5.41, 5.74) is 1.75. The van der Waals surface area contributed by atoms with E-state index in [9.17, 15) is 9.90 Å². The Morgan fingerprint density at radius 2 is 1.95 bits per heavy atom. The number of aryl methyl sites for hydroxylation is 1. The Labute approximate surface area is 135 Å². The molecule has 0 atom stereocenters. The van der Waals surface area contributed by atoms with Crippen LogP contribution in [0.4, 0.5) is 0 Å². The van der Waals surface area contributed by atoms with Gasteiger partial charge in [-0.3, -0.25) is 4.79 Å². The third-order valence-electron chi connectivity index (χ3n) is 3.24. The molecule has 118 valence electrons. The molecule has 0 aliphatic carbocycles. The maximum Gasteiger partial charge on any atom is 0.253 e. The molecule has 0 spiro atoms. The van der Waals surface area contributed by atoms with E-state index in [-0.39, 0.29) is 5.91 Å². The van der Waals surface area contributed by atoms with Gasteiger partial charge in [0.15, 0.2) is 0 Å². The summed E-state index contributed by atoms with van der Waals surface area (Å²) in [6.45, 7) is 8.17. The zero-order chi connectivity index (χ0) is 16.3. The number of nitrogens with zero attached hydrogens (tertiary/aromatic N) is 2. The number of amides is 1. The van der Waals surface area contributed by atoms with Gasteiger partial charge in [-0.25, -0.2) is 4.98 Å². The molecule has 0 saturated heterocycles. The van der Waals surface area contributed by atoms with Crippen LogP contribution >= 0.6 is 11.3 Å². The van der Waals surface area contributed by atoms with Crippen LogP contribution in [0.25, 0.3) is 10.6 Å². The molecule has 1 amide bonds. The highest BCUT2D eigenvalue weighted by Crippen LogP contribution is 2.24. The first-order valence-corrected chi connectivity index (χ1v) is 8.22. The summed E-state index contributed by atoms with van der Waals surface area (Å²) >= 11 is 1.60. The summed E-state index contributed by atoms with van der Waals surface area (Å²) in [4.78, 5) is 18.6. The predicted molar refractivity (Wildman–Crippen MR) is 90.2 cm³/mol. The van der Waals surface area contributed by atoms with Crippen molar-refractivity contribution in [2.24, 2.45) is 0 Å². The highest BCUT2D eigenvalue weighted by Gasteiger charge is 2.22. The lowest BCUT2D eigenvalue weighted by Gasteiger charge is -2.28. The normalized spacial score (nSPS) is 11.5. The summed E-state index contributed by atoms with van der Waals surface area (Å²) < 4.78 is 0. The lowest BCUT2D eigenvalue weighted by molar-refractivity contribution is 0.0314. The van der Waals surface area contributed by atoms with Crippen LogP contribution in [-0.2, 0) is 0 Å². The smallest absolute Gasteiger partial charge is 0.253 e. The first kappa shape index (κ1) is 16.6. The number of thiazole rings is 1. The number of benzene rings is 1. The third kappa shape index (κ3) is 4.15. The summed E-state index contributed by atoms with van der Waals surface area (Å²) in [6, 6.07) is 7.48. The van der Waals surface area contributed by atoms with Gasteiger partial charge in [-0.05, 0) is 39.8 Å². The van der Waals surface area contributed by atoms with E-state index >= 15 is 0 Å². The van der Waals surface area contributed by atoms with Gasteiger partial charge in [-0.15, -0.1) is 11.3 Å². The van der Waals surface area contributed by atoms with E-state index in [0.29, 0.717) is 18.7 Å². The quantitative estimate of drug-likeness (QED) is 0.920. The van der Waals surface area contributed by atoms with Gasteiger partial charge in [0.05, 0.1) is 5.60 Å². The Morgan fingerprint density at radius 3 is 2.41 bits per heavy atom. The van der Waals surface area contributed by atoms with Crippen LogP contribution in [0.15, 0.2) is 29.6 Å². The Kier molecular flexibility index (Phi) is 4.98. The minimum absolute atomic E-state index is 0.0634. The van der Waals surface area contributed by atoms with Crippen LogP contribution in [0, 0.1) is 6.92 Å². The van der Waals surface area contributed by atoms with E-state index in [1.807, 2.05) is 43.5 Å². The molecule has 0 aliphatic rings. The van der Waals surface area contributed by atoms with Gasteiger partial charge >= 0.3 is 0 Å². The van der Waals surface area contributed by atoms with Gasteiger partial charge in [0.25, 0.3) is 5.91 Å². The van der Waals surface area contributed by atoms with Crippen molar-refractivity contribution < 1.29 is 9.90 Å². The molecule has 1 heterocycles. The summed E-state index contributed by atoms with van der Waals surface area (Å²) in [5.74, 6) is -0.0634. The lowest BCUT2D eigenvalue weighted by Crippen LogP contribution is -2.42. The van der Waals surface area contributed by atoms with Crippen molar-refractivity contribution in [1.29, 1.82) is 0 Å². The minimum Gasteiger partial charge on any atom is -0.389 e. The molecule has 1 N–H and O–H groups in total. The molecule has 0 radical (unpaired) electrons. The number of carbonyl (C=O) groups is 1. The van der Waals surface area contributed by atoms with Gasteiger partial charge in [-0.2, -0.15) is 0 Å². The molecule has 4 nitrogen and oxygen atoms in total. The largest absolute Gasteiger partial charge is 0.389 e. The van der Waals surface area contributed by atoms with Gasteiger partial charge in [0.2, 0.25) is 0 Å². The van der Waals surface area contributed by atoms with Crippen LogP contribution in [-0.4, -0.2) is 39.6 Å². The topological polar surface area (TPSA) is 53.4 Å². The van der Waals surface area contributed by atoms with Crippen molar-refractivity contribution in [3.63, 3.8) is 0 Å². The number of aromatic nitrogens is 1. The number of aliphatic hydroxyl groups is 1. The van der Waals surface area contributed by atoms with E-state index in [1.54, 1.807) is 30.1 Å². The molecule has 0 bridgehead atoms. The lowest BCUT2D eigenvalue weighted by atomic mass is 10.1. The van der Waals surface area contributed by atoms with Crippen molar-refractivity contribution in [3.8, 4) is 10.6 Å². The Morgan fingerprint density at radius 1 is 1.32 bits per heavy atom. The van der Waals surface area contributed by atoms with E-state index in [4.69, 9.17) is 0 Å². The summed E-state index contributed by atoms with van der Waals surface area (Å²) in [7, 11) is 0. The van der Waals surface area contributed by atoms with Crippen LogP contribution in [0.2, 0.25) is 0 Å². The summed E-state index contributed by atoms with van der Waals surface area (Å²) in [6.07, 6.45) is 0. The van der Waals surface area contributed by atoms with Crippen molar-refractivity contribution in [1.82, 2.24) is 9.88 Å². The number of rotatable bonds is 5. The van der Waals surface area contributed by atoms with Gasteiger partial charge in [-0.1, -0.05) is 12.1 Å². The van der Waals surface area contributed by atoms with Gasteiger partial charge in [0, 0.05) is 35.3 Å². The average Bonchev–Trinajstić information content (AvgIpc) is 2.90. The Bertz CT molecular complexity index is 641. The van der Waals surface area contributed by atoms with Crippen molar-refractivity contribution >= 4 is 17.2 Å². The number of likely N-dealkylation sites (N-methyl/N-ethyl adjacent to an activating group) is 1. The maximum atomic E-state index is 12.5. The summed E-state index contributed by atoms with van der Waals surface area (Å²) in [5, 5.41) is 12.9. The van der Waals surface area contributed by atoms with Crippen LogP contribution in [0.3, 0.4) is 0 Å². The Balaban J connectivity index is 2.17. The monoisotopic (exact) mass is 318 g/mol. The molecular formula is C17H22N2O2S. The van der Waals surface area contributed by atoms with Gasteiger partial charge in [0.1, 0.15) is 5.01 Å². The minimum atomic E-state index is -0.899. The molecule has 2 aromatic rings. The molecule has 0 aliphatic heterocycles. The number of hydrogen-bond acceptors (Lipinski definition) is 4. The van der Waals surface area contributed by atoms with Crippen LogP contribution in [0.1, 0.15) is 36.8 Å². The number of hydrogen-bond donors (Lipinski definition) is 1. The second-order valence-electron chi connectivity index (χ2n) is 6.00. The fourth-order valence-corrected chi connectivity index (χ4v) is 3.02. The SMILES string of the molecule is CCN(CC(C)(C)O)C(=O)c1ccc(-c2nc(C)cs2)cc1. The van der Waals surface area contributed by atoms with Crippen molar-refractivity contribution in [3.05, 3.63) is 40.9 Å². The highest BCUT2D eigenvalue weighted by atomic mass is 32.1. The van der Waals surface area contributed by atoms with Crippen molar-refractivity contribution in [2.75, 3.05) is 13.1 Å². The average molecular weight is 318 g/mol. The van der Waals surface area contributed by atoms with E-state index in [2.05, 4.69) is 4.98 Å². The van der Waals surface area contributed by atoms with E-state index < -0.39 is 5.60 Å². The van der Waals surface area contributed by atoms with Crippen LogP contribution < -0.4 is 0 Å². The fraction of sp³-hybridized carbons (Fsp3) is 0.412. The standard InChI is InChI=1S/C17H22N2O2S/c1-5-19(11-17(3,4)21)16(20)14-8-6-13(7-9-14)15-18-12(2)10-22-15/h6-10,21H,5,11H2,1-4H3. The second-order valence-corrected chi connectivity index (χ2v) is 6.86. The number of carbonyl (C=O) groups excluding carboxylic acids is 1. The van der Waals surface area contributed by atoms with E-state index in [0.717, 1.165) is 16.3 Å². The first-order valence-electron chi connectivity index (χ1n) is 7.34. The molecule has 5 heteroatoms. The zero-order valence-corrected chi connectivity index (χ0v) is 14.3. The molecule has 0 unspecified atom stereocenters. The Hall–Kier alpha value is -1.72. The molecular weight excluding hydrogens is 296 g/mol. The second kappa shape index (κ2) is 6.58. The predicted octanol–water partition coefficient (Wildman–Crippen LogP) is 3.35. The van der Waals surface area contributed by atoms with Gasteiger partial charge < -0.3 is 10.0 Å². The molecule has 0 saturated carbocycles. The molecule has 2 rings (SSSR count). The maximum absolute atomic E-state index is 12.5. The molecule has 1 aromatic heterocycles. The highest BCUT2D eigenvalue weighted by molar-refractivity contribution is 7.13. The first-order chi connectivity index (χ1) is 10.3.